The minimum absolute atomic E-state index is 0.157. The molecule has 110 valence electrons. The largest absolute Gasteiger partial charge is 0.497 e. The smallest absolute Gasteiger partial charge is 0.171 e. The summed E-state index contributed by atoms with van der Waals surface area (Å²) in [6, 6.07) is 16.1. The second-order valence-corrected chi connectivity index (χ2v) is 5.31. The van der Waals surface area contributed by atoms with E-state index in [1.807, 2.05) is 36.4 Å². The number of aryl methyl sites for hydroxylation is 1. The van der Waals surface area contributed by atoms with Crippen molar-refractivity contribution in [2.24, 2.45) is 0 Å². The van der Waals surface area contributed by atoms with Crippen LogP contribution in [0.2, 0.25) is 0 Å². The first-order valence-corrected chi connectivity index (χ1v) is 7.28. The number of thiocarbonyl (C=S) groups is 1. The first-order chi connectivity index (χ1) is 10.1. The van der Waals surface area contributed by atoms with Crippen molar-refractivity contribution >= 4 is 23.0 Å². The first-order valence-electron chi connectivity index (χ1n) is 6.87. The summed E-state index contributed by atoms with van der Waals surface area (Å²) in [7, 11) is 1.65. The average Bonchev–Trinajstić information content (AvgIpc) is 2.48. The molecule has 0 aliphatic rings. The van der Waals surface area contributed by atoms with Crippen molar-refractivity contribution in [1.82, 2.24) is 5.32 Å². The van der Waals surface area contributed by atoms with Crippen molar-refractivity contribution in [3.05, 3.63) is 59.7 Å². The van der Waals surface area contributed by atoms with Gasteiger partial charge in [-0.05, 0) is 61.5 Å². The summed E-state index contributed by atoms with van der Waals surface area (Å²) in [6.45, 7) is 4.21. The van der Waals surface area contributed by atoms with Crippen LogP contribution in [0.1, 0.15) is 24.1 Å². The lowest BCUT2D eigenvalue weighted by atomic mass is 10.0. The van der Waals surface area contributed by atoms with E-state index in [1.54, 1.807) is 7.11 Å². The van der Waals surface area contributed by atoms with Gasteiger partial charge in [0.15, 0.2) is 5.11 Å². The highest BCUT2D eigenvalue weighted by Crippen LogP contribution is 2.18. The van der Waals surface area contributed by atoms with Gasteiger partial charge in [0.2, 0.25) is 0 Å². The normalized spacial score (nSPS) is 11.6. The fourth-order valence-corrected chi connectivity index (χ4v) is 2.48. The Morgan fingerprint density at radius 1 is 1.10 bits per heavy atom. The van der Waals surface area contributed by atoms with E-state index in [1.165, 1.54) is 11.1 Å². The molecule has 3 nitrogen and oxygen atoms in total. The number of hydrogen-bond acceptors (Lipinski definition) is 2. The summed E-state index contributed by atoms with van der Waals surface area (Å²) >= 11 is 5.36. The summed E-state index contributed by atoms with van der Waals surface area (Å²) in [4.78, 5) is 0. The van der Waals surface area contributed by atoms with Crippen LogP contribution in [-0.2, 0) is 0 Å². The van der Waals surface area contributed by atoms with Gasteiger partial charge in [0.25, 0.3) is 0 Å². The molecule has 21 heavy (non-hydrogen) atoms. The molecule has 2 N–H and O–H groups in total. The summed E-state index contributed by atoms with van der Waals surface area (Å²) < 4.78 is 5.13. The van der Waals surface area contributed by atoms with Gasteiger partial charge in [-0.1, -0.05) is 24.3 Å². The van der Waals surface area contributed by atoms with E-state index in [-0.39, 0.29) is 6.04 Å². The van der Waals surface area contributed by atoms with Crippen molar-refractivity contribution in [3.63, 3.8) is 0 Å². The SMILES string of the molecule is COc1ccc(NC(=S)NC(C)c2ccccc2C)cc1. The Balaban J connectivity index is 1.96. The molecule has 0 fully saturated rings. The maximum absolute atomic E-state index is 5.36. The number of anilines is 1. The standard InChI is InChI=1S/C17H20N2OS/c1-12-6-4-5-7-16(12)13(2)18-17(21)19-14-8-10-15(20-3)11-9-14/h4-11,13H,1-3H3,(H2,18,19,21). The van der Waals surface area contributed by atoms with Crippen molar-refractivity contribution in [2.45, 2.75) is 19.9 Å². The van der Waals surface area contributed by atoms with Crippen LogP contribution in [-0.4, -0.2) is 12.2 Å². The molecule has 0 aromatic heterocycles. The fraction of sp³-hybridized carbons (Fsp3) is 0.235. The summed E-state index contributed by atoms with van der Waals surface area (Å²) in [5, 5.41) is 7.09. The van der Waals surface area contributed by atoms with Gasteiger partial charge < -0.3 is 15.4 Å². The first kappa shape index (κ1) is 15.3. The molecule has 0 heterocycles. The molecule has 1 unspecified atom stereocenters. The molecular weight excluding hydrogens is 280 g/mol. The van der Waals surface area contributed by atoms with Crippen LogP contribution in [0.3, 0.4) is 0 Å². The number of nitrogens with one attached hydrogen (secondary N) is 2. The van der Waals surface area contributed by atoms with Crippen LogP contribution in [0.15, 0.2) is 48.5 Å². The third kappa shape index (κ3) is 4.20. The van der Waals surface area contributed by atoms with Gasteiger partial charge >= 0.3 is 0 Å². The minimum Gasteiger partial charge on any atom is -0.497 e. The topological polar surface area (TPSA) is 33.3 Å². The summed E-state index contributed by atoms with van der Waals surface area (Å²) in [5.41, 5.74) is 3.44. The lowest BCUT2D eigenvalue weighted by Crippen LogP contribution is -2.31. The number of hydrogen-bond donors (Lipinski definition) is 2. The van der Waals surface area contributed by atoms with E-state index in [2.05, 4.69) is 36.6 Å². The molecule has 0 bridgehead atoms. The van der Waals surface area contributed by atoms with Gasteiger partial charge in [-0.2, -0.15) is 0 Å². The Labute approximate surface area is 131 Å². The molecule has 0 radical (unpaired) electrons. The Morgan fingerprint density at radius 2 is 1.76 bits per heavy atom. The van der Waals surface area contributed by atoms with Gasteiger partial charge in [0.1, 0.15) is 5.75 Å². The Morgan fingerprint density at radius 3 is 2.38 bits per heavy atom. The predicted molar refractivity (Wildman–Crippen MR) is 91.9 cm³/mol. The molecule has 0 spiro atoms. The predicted octanol–water partition coefficient (Wildman–Crippen LogP) is 4.05. The lowest BCUT2D eigenvalue weighted by molar-refractivity contribution is 0.415. The van der Waals surface area contributed by atoms with Crippen LogP contribution in [0.5, 0.6) is 5.75 Å². The van der Waals surface area contributed by atoms with Crippen molar-refractivity contribution in [1.29, 1.82) is 0 Å². The van der Waals surface area contributed by atoms with E-state index < -0.39 is 0 Å². The molecule has 0 saturated carbocycles. The zero-order valence-electron chi connectivity index (χ0n) is 12.5. The van der Waals surface area contributed by atoms with E-state index >= 15 is 0 Å². The molecule has 0 amide bonds. The second kappa shape index (κ2) is 7.09. The molecule has 0 aliphatic heterocycles. The van der Waals surface area contributed by atoms with Crippen LogP contribution >= 0.6 is 12.2 Å². The van der Waals surface area contributed by atoms with Crippen molar-refractivity contribution < 1.29 is 4.74 Å². The molecular formula is C17H20N2OS. The van der Waals surface area contributed by atoms with Crippen LogP contribution in [0.25, 0.3) is 0 Å². The highest BCUT2D eigenvalue weighted by molar-refractivity contribution is 7.80. The second-order valence-electron chi connectivity index (χ2n) is 4.91. The minimum atomic E-state index is 0.157. The highest BCUT2D eigenvalue weighted by Gasteiger charge is 2.09. The van der Waals surface area contributed by atoms with Crippen molar-refractivity contribution in [3.8, 4) is 5.75 Å². The van der Waals surface area contributed by atoms with Crippen molar-refractivity contribution in [2.75, 3.05) is 12.4 Å². The zero-order valence-corrected chi connectivity index (χ0v) is 13.3. The highest BCUT2D eigenvalue weighted by atomic mass is 32.1. The molecule has 0 saturated heterocycles. The third-order valence-corrected chi connectivity index (χ3v) is 3.57. The van der Waals surface area contributed by atoms with Crippen LogP contribution < -0.4 is 15.4 Å². The van der Waals surface area contributed by atoms with E-state index in [0.717, 1.165) is 11.4 Å². The molecule has 4 heteroatoms. The zero-order chi connectivity index (χ0) is 15.2. The Kier molecular flexibility index (Phi) is 5.17. The molecule has 2 aromatic carbocycles. The van der Waals surface area contributed by atoms with Crippen LogP contribution in [0, 0.1) is 6.92 Å². The average molecular weight is 300 g/mol. The number of methoxy groups -OCH3 is 1. The van der Waals surface area contributed by atoms with E-state index in [0.29, 0.717) is 5.11 Å². The number of benzene rings is 2. The molecule has 2 rings (SSSR count). The Hall–Kier alpha value is -2.07. The van der Waals surface area contributed by atoms with Gasteiger partial charge in [0.05, 0.1) is 13.2 Å². The maximum atomic E-state index is 5.36. The number of rotatable bonds is 4. The quantitative estimate of drug-likeness (QED) is 0.835. The third-order valence-electron chi connectivity index (χ3n) is 3.35. The van der Waals surface area contributed by atoms with Crippen LogP contribution in [0.4, 0.5) is 5.69 Å². The lowest BCUT2D eigenvalue weighted by Gasteiger charge is -2.19. The fourth-order valence-electron chi connectivity index (χ4n) is 2.19. The Bertz CT molecular complexity index is 610. The summed E-state index contributed by atoms with van der Waals surface area (Å²) in [5.74, 6) is 0.827. The molecule has 2 aromatic rings. The number of ether oxygens (including phenoxy) is 1. The maximum Gasteiger partial charge on any atom is 0.171 e. The van der Waals surface area contributed by atoms with E-state index in [9.17, 15) is 0 Å². The molecule has 0 aliphatic carbocycles. The summed E-state index contributed by atoms with van der Waals surface area (Å²) in [6.07, 6.45) is 0. The van der Waals surface area contributed by atoms with Gasteiger partial charge in [-0.3, -0.25) is 0 Å². The van der Waals surface area contributed by atoms with Gasteiger partial charge in [-0.25, -0.2) is 0 Å². The monoisotopic (exact) mass is 300 g/mol. The molecule has 1 atom stereocenters. The van der Waals surface area contributed by atoms with Gasteiger partial charge in [0, 0.05) is 5.69 Å². The van der Waals surface area contributed by atoms with Gasteiger partial charge in [-0.15, -0.1) is 0 Å². The van der Waals surface area contributed by atoms with E-state index in [4.69, 9.17) is 17.0 Å².